The van der Waals surface area contributed by atoms with Gasteiger partial charge in [-0.15, -0.1) is 0 Å². The van der Waals surface area contributed by atoms with Gasteiger partial charge in [-0.2, -0.15) is 0 Å². The van der Waals surface area contributed by atoms with Crippen LogP contribution < -0.4 is 15.4 Å². The summed E-state index contributed by atoms with van der Waals surface area (Å²) < 4.78 is 6.30. The van der Waals surface area contributed by atoms with Gasteiger partial charge in [0.1, 0.15) is 5.75 Å². The van der Waals surface area contributed by atoms with E-state index in [2.05, 4.69) is 65.2 Å². The summed E-state index contributed by atoms with van der Waals surface area (Å²) in [6.07, 6.45) is 7.84. The van der Waals surface area contributed by atoms with Crippen molar-refractivity contribution in [2.24, 2.45) is 0 Å². The molecule has 1 aliphatic carbocycles. The summed E-state index contributed by atoms with van der Waals surface area (Å²) in [5.74, 6) is 1.06. The predicted molar refractivity (Wildman–Crippen MR) is 106 cm³/mol. The smallest absolute Gasteiger partial charge is 0.124 e. The third kappa shape index (κ3) is 4.28. The van der Waals surface area contributed by atoms with Gasteiger partial charge in [-0.25, -0.2) is 0 Å². The van der Waals surface area contributed by atoms with E-state index in [1.54, 1.807) is 0 Å². The van der Waals surface area contributed by atoms with Crippen LogP contribution in [0.15, 0.2) is 54.6 Å². The number of benzene rings is 2. The van der Waals surface area contributed by atoms with Gasteiger partial charge in [0.2, 0.25) is 0 Å². The van der Waals surface area contributed by atoms with E-state index >= 15 is 0 Å². The van der Waals surface area contributed by atoms with Crippen LogP contribution in [0.25, 0.3) is 0 Å². The number of ether oxygens (including phenoxy) is 1. The lowest BCUT2D eigenvalue weighted by Crippen LogP contribution is -2.45. The molecule has 4 rings (SSSR count). The molecular weight excluding hydrogens is 320 g/mol. The van der Waals surface area contributed by atoms with E-state index in [0.717, 1.165) is 18.8 Å². The lowest BCUT2D eigenvalue weighted by molar-refractivity contribution is 0.206. The lowest BCUT2D eigenvalue weighted by atomic mass is 9.92. The molecule has 0 aromatic heterocycles. The quantitative estimate of drug-likeness (QED) is 0.799. The Balaban J connectivity index is 1.42. The van der Waals surface area contributed by atoms with Crippen LogP contribution in [-0.4, -0.2) is 18.7 Å². The normalized spacial score (nSPS) is 23.8. The first-order valence-corrected chi connectivity index (χ1v) is 10.2. The van der Waals surface area contributed by atoms with Gasteiger partial charge in [-0.1, -0.05) is 48.5 Å². The van der Waals surface area contributed by atoms with Crippen molar-refractivity contribution in [2.75, 3.05) is 6.54 Å². The molecule has 0 spiro atoms. The Morgan fingerprint density at radius 3 is 2.50 bits per heavy atom. The van der Waals surface area contributed by atoms with Gasteiger partial charge in [-0.3, -0.25) is 0 Å². The number of para-hydroxylation sites is 1. The van der Waals surface area contributed by atoms with Crippen molar-refractivity contribution >= 4 is 0 Å². The Bertz CT molecular complexity index is 682. The summed E-state index contributed by atoms with van der Waals surface area (Å²) in [7, 11) is 0. The van der Waals surface area contributed by atoms with Crippen LogP contribution in [0.3, 0.4) is 0 Å². The van der Waals surface area contributed by atoms with Gasteiger partial charge in [-0.05, 0) is 56.7 Å². The molecule has 0 unspecified atom stereocenters. The van der Waals surface area contributed by atoms with Gasteiger partial charge in [0.15, 0.2) is 0 Å². The summed E-state index contributed by atoms with van der Waals surface area (Å²) in [4.78, 5) is 0. The highest BCUT2D eigenvalue weighted by atomic mass is 16.5. The summed E-state index contributed by atoms with van der Waals surface area (Å²) in [5.41, 5.74) is 2.65. The van der Waals surface area contributed by atoms with Crippen molar-refractivity contribution in [3.8, 4) is 5.75 Å². The summed E-state index contributed by atoms with van der Waals surface area (Å²) in [6.45, 7) is 1.96. The van der Waals surface area contributed by atoms with E-state index in [-0.39, 0.29) is 0 Å². The fraction of sp³-hybridized carbons (Fsp3) is 0.478. The summed E-state index contributed by atoms with van der Waals surface area (Å²) >= 11 is 0. The Kier molecular flexibility index (Phi) is 5.88. The van der Waals surface area contributed by atoms with E-state index in [1.807, 2.05) is 0 Å². The van der Waals surface area contributed by atoms with Crippen LogP contribution in [0, 0.1) is 0 Å². The zero-order valence-electron chi connectivity index (χ0n) is 15.5. The van der Waals surface area contributed by atoms with Gasteiger partial charge >= 0.3 is 0 Å². The van der Waals surface area contributed by atoms with Crippen molar-refractivity contribution in [3.63, 3.8) is 0 Å². The van der Waals surface area contributed by atoms with Crippen LogP contribution >= 0.6 is 0 Å². The number of nitrogens with one attached hydrogen (secondary N) is 2. The van der Waals surface area contributed by atoms with E-state index in [9.17, 15) is 0 Å². The molecule has 0 bridgehead atoms. The van der Waals surface area contributed by atoms with Crippen LogP contribution in [0.4, 0.5) is 0 Å². The molecule has 138 valence electrons. The van der Waals surface area contributed by atoms with Crippen molar-refractivity contribution in [3.05, 3.63) is 65.7 Å². The average Bonchev–Trinajstić information content (AvgIpc) is 3.21. The van der Waals surface area contributed by atoms with Crippen molar-refractivity contribution in [1.82, 2.24) is 10.6 Å². The van der Waals surface area contributed by atoms with Crippen molar-refractivity contribution < 1.29 is 4.74 Å². The predicted octanol–water partition coefficient (Wildman–Crippen LogP) is 4.59. The van der Waals surface area contributed by atoms with Gasteiger partial charge in [0.25, 0.3) is 0 Å². The molecule has 1 heterocycles. The average molecular weight is 351 g/mol. The second kappa shape index (κ2) is 8.70. The molecule has 1 saturated heterocycles. The lowest BCUT2D eigenvalue weighted by Gasteiger charge is -2.34. The molecule has 2 atom stereocenters. The summed E-state index contributed by atoms with van der Waals surface area (Å²) in [5, 5.41) is 7.51. The van der Waals surface area contributed by atoms with Crippen LogP contribution in [0.1, 0.15) is 55.7 Å². The van der Waals surface area contributed by atoms with Gasteiger partial charge in [0, 0.05) is 24.2 Å². The zero-order chi connectivity index (χ0) is 17.6. The number of rotatable bonds is 6. The van der Waals surface area contributed by atoms with E-state index in [0.29, 0.717) is 18.2 Å². The molecule has 1 aliphatic heterocycles. The molecule has 26 heavy (non-hydrogen) atoms. The molecule has 2 aromatic rings. The highest BCUT2D eigenvalue weighted by Gasteiger charge is 2.26. The standard InChI is InChI=1S/C23H30N2O/c1-2-9-18(10-3-1)23-21(14-8-16-24-23)25-17-19-11-4-7-15-22(19)26-20-12-5-6-13-20/h1-4,7,9-11,15,20-21,23-25H,5-6,8,12-14,16-17H2/t21-,23-/m0/s1. The maximum atomic E-state index is 6.30. The minimum atomic E-state index is 0.382. The largest absolute Gasteiger partial charge is 0.490 e. The number of piperidine rings is 1. The minimum Gasteiger partial charge on any atom is -0.490 e. The minimum absolute atomic E-state index is 0.382. The third-order valence-electron chi connectivity index (χ3n) is 5.74. The fourth-order valence-electron chi connectivity index (χ4n) is 4.31. The molecular formula is C23H30N2O. The van der Waals surface area contributed by atoms with Crippen LogP contribution in [-0.2, 0) is 6.54 Å². The van der Waals surface area contributed by atoms with Crippen molar-refractivity contribution in [1.29, 1.82) is 0 Å². The third-order valence-corrected chi connectivity index (χ3v) is 5.74. The Morgan fingerprint density at radius 1 is 0.885 bits per heavy atom. The molecule has 2 N–H and O–H groups in total. The Hall–Kier alpha value is -1.84. The molecule has 3 nitrogen and oxygen atoms in total. The highest BCUT2D eigenvalue weighted by Crippen LogP contribution is 2.28. The Morgan fingerprint density at radius 2 is 1.65 bits per heavy atom. The SMILES string of the molecule is c1ccc([C@@H]2NCCC[C@@H]2NCc2ccccc2OC2CCCC2)cc1. The first-order chi connectivity index (χ1) is 12.9. The zero-order valence-corrected chi connectivity index (χ0v) is 15.5. The van der Waals surface area contributed by atoms with Crippen LogP contribution in [0.5, 0.6) is 5.75 Å². The Labute approximate surface area is 157 Å². The monoisotopic (exact) mass is 350 g/mol. The second-order valence-corrected chi connectivity index (χ2v) is 7.60. The first kappa shape index (κ1) is 17.6. The topological polar surface area (TPSA) is 33.3 Å². The maximum absolute atomic E-state index is 6.30. The number of hydrogen-bond acceptors (Lipinski definition) is 3. The maximum Gasteiger partial charge on any atom is 0.124 e. The molecule has 2 fully saturated rings. The summed E-state index contributed by atoms with van der Waals surface area (Å²) in [6, 6.07) is 20.2. The van der Waals surface area contributed by atoms with Gasteiger partial charge < -0.3 is 15.4 Å². The molecule has 3 heteroatoms. The second-order valence-electron chi connectivity index (χ2n) is 7.60. The highest BCUT2D eigenvalue weighted by molar-refractivity contribution is 5.33. The number of hydrogen-bond donors (Lipinski definition) is 2. The molecule has 2 aliphatic rings. The van der Waals surface area contributed by atoms with E-state index in [4.69, 9.17) is 4.74 Å². The fourth-order valence-corrected chi connectivity index (χ4v) is 4.31. The molecule has 0 radical (unpaired) electrons. The van der Waals surface area contributed by atoms with Crippen LogP contribution in [0.2, 0.25) is 0 Å². The molecule has 1 saturated carbocycles. The van der Waals surface area contributed by atoms with Gasteiger partial charge in [0.05, 0.1) is 6.10 Å². The first-order valence-electron chi connectivity index (χ1n) is 10.2. The van der Waals surface area contributed by atoms with E-state index in [1.165, 1.54) is 49.7 Å². The van der Waals surface area contributed by atoms with Crippen molar-refractivity contribution in [2.45, 2.75) is 63.3 Å². The van der Waals surface area contributed by atoms with E-state index < -0.39 is 0 Å². The molecule has 2 aromatic carbocycles. The molecule has 0 amide bonds.